The third-order valence-electron chi connectivity index (χ3n) is 13.1. The smallest absolute Gasteiger partial charge is 0.411 e. The van der Waals surface area contributed by atoms with Crippen LogP contribution in [0.25, 0.3) is 11.0 Å². The molecule has 274 valence electrons. The van der Waals surface area contributed by atoms with Crippen LogP contribution in [-0.2, 0) is 9.53 Å². The fourth-order valence-corrected chi connectivity index (χ4v) is 10.1. The van der Waals surface area contributed by atoms with Crippen molar-refractivity contribution in [3.05, 3.63) is 46.3 Å². The van der Waals surface area contributed by atoms with Gasteiger partial charge in [0.05, 0.1) is 48.9 Å². The number of nitrogens with one attached hydrogen (secondary N) is 1. The van der Waals surface area contributed by atoms with Crippen molar-refractivity contribution in [1.82, 2.24) is 0 Å². The highest BCUT2D eigenvalue weighted by atomic mass is 16.5. The van der Waals surface area contributed by atoms with Crippen molar-refractivity contribution in [1.29, 1.82) is 0 Å². The minimum atomic E-state index is -1.56. The van der Waals surface area contributed by atoms with E-state index >= 15 is 0 Å². The number of ether oxygens (including phenoxy) is 2. The summed E-state index contributed by atoms with van der Waals surface area (Å²) in [6.45, 7) is 7.46. The van der Waals surface area contributed by atoms with Gasteiger partial charge in [0.15, 0.2) is 5.78 Å². The van der Waals surface area contributed by atoms with E-state index in [1.165, 1.54) is 13.2 Å². The molecule has 1 amide bonds. The van der Waals surface area contributed by atoms with Crippen LogP contribution < -0.4 is 15.7 Å². The minimum Gasteiger partial charge on any atom is -0.497 e. The molecule has 6 rings (SSSR count). The van der Waals surface area contributed by atoms with Crippen LogP contribution in [0.15, 0.2) is 45.1 Å². The highest BCUT2D eigenvalue weighted by Crippen LogP contribution is 2.68. The van der Waals surface area contributed by atoms with E-state index in [0.717, 1.165) is 0 Å². The van der Waals surface area contributed by atoms with E-state index in [0.29, 0.717) is 48.8 Å². The summed E-state index contributed by atoms with van der Waals surface area (Å²) in [4.78, 5) is 38.2. The molecule has 0 radical (unpaired) electrons. The van der Waals surface area contributed by atoms with Gasteiger partial charge in [-0.2, -0.15) is 0 Å². The highest BCUT2D eigenvalue weighted by Gasteiger charge is 2.69. The average Bonchev–Trinajstić information content (AvgIpc) is 3.35. The van der Waals surface area contributed by atoms with E-state index in [-0.39, 0.29) is 54.8 Å². The monoisotopic (exact) mass is 697 g/mol. The number of fused-ring (bicyclic) bond motifs is 6. The summed E-state index contributed by atoms with van der Waals surface area (Å²) in [6.07, 6.45) is 0.960. The minimum absolute atomic E-state index is 0.0316. The number of allylic oxidation sites excluding steroid dienone is 1. The number of carbonyl (C=O) groups excluding carboxylic acids is 2. The predicted octanol–water partition coefficient (Wildman–Crippen LogP) is 4.08. The number of rotatable bonds is 9. The second kappa shape index (κ2) is 13.0. The van der Waals surface area contributed by atoms with Crippen molar-refractivity contribution in [2.45, 2.75) is 109 Å². The molecule has 0 bridgehead atoms. The number of hydrogen-bond donors (Lipinski definition) is 6. The number of methoxy groups -OCH3 is 1. The van der Waals surface area contributed by atoms with Gasteiger partial charge in [0.2, 0.25) is 0 Å². The van der Waals surface area contributed by atoms with Crippen LogP contribution in [0.5, 0.6) is 5.75 Å². The van der Waals surface area contributed by atoms with Crippen LogP contribution >= 0.6 is 0 Å². The lowest BCUT2D eigenvalue weighted by Gasteiger charge is -2.60. The van der Waals surface area contributed by atoms with Crippen molar-refractivity contribution >= 4 is 28.5 Å². The van der Waals surface area contributed by atoms with Gasteiger partial charge in [0, 0.05) is 28.9 Å². The molecule has 4 aliphatic carbocycles. The van der Waals surface area contributed by atoms with E-state index in [4.69, 9.17) is 13.9 Å². The summed E-state index contributed by atoms with van der Waals surface area (Å²) in [5.74, 6) is -0.840. The van der Waals surface area contributed by atoms with Crippen molar-refractivity contribution in [2.75, 3.05) is 19.0 Å². The average molecular weight is 698 g/mol. The van der Waals surface area contributed by atoms with Crippen LogP contribution in [0.3, 0.4) is 0 Å². The van der Waals surface area contributed by atoms with Gasteiger partial charge in [0.1, 0.15) is 11.3 Å². The first-order valence-electron chi connectivity index (χ1n) is 17.7. The standard InChI is InChI=1S/C38H51NO11/c1-20(19-49-34(45)39-26-17-33(44)50-30-14-21(48-5)7-8-22(26)30)6-9-32(43)37(4,46)31-11-13-38(47)24-15-27(40)25-16-28(41)29(42)18-35(25,2)23(24)10-12-36(31,38)3/h7-8,14-15,17,20,23,25,28-29,31-32,41-43,46-47H,6,9-13,16,18-19H2,1-5H3,(H,39,45)/t20?,23?,25?,28-,29+,31?,32-,35?,36-,37-,38-/m1/s1. The number of ketones is 1. The van der Waals surface area contributed by atoms with Gasteiger partial charge in [-0.3, -0.25) is 10.1 Å². The topological polar surface area (TPSA) is 196 Å². The molecule has 0 saturated heterocycles. The molecule has 1 heterocycles. The summed E-state index contributed by atoms with van der Waals surface area (Å²) < 4.78 is 15.8. The van der Waals surface area contributed by atoms with E-state index in [2.05, 4.69) is 5.32 Å². The molecule has 2 aromatic rings. The van der Waals surface area contributed by atoms with E-state index < -0.39 is 63.9 Å². The number of hydrogen-bond acceptors (Lipinski definition) is 11. The number of benzene rings is 1. The van der Waals surface area contributed by atoms with E-state index in [1.54, 1.807) is 31.2 Å². The van der Waals surface area contributed by atoms with Crippen LogP contribution in [-0.4, -0.2) is 80.6 Å². The Bertz CT molecular complexity index is 1730. The molecule has 5 unspecified atom stereocenters. The van der Waals surface area contributed by atoms with Crippen LogP contribution in [0.2, 0.25) is 0 Å². The Kier molecular flexibility index (Phi) is 9.52. The molecule has 1 aromatic heterocycles. The molecule has 3 saturated carbocycles. The Morgan fingerprint density at radius 3 is 2.56 bits per heavy atom. The van der Waals surface area contributed by atoms with Crippen molar-refractivity contribution in [2.24, 2.45) is 34.5 Å². The Hall–Kier alpha value is -3.29. The molecule has 1 aromatic carbocycles. The van der Waals surface area contributed by atoms with Crippen LogP contribution in [0, 0.1) is 34.5 Å². The van der Waals surface area contributed by atoms with E-state index in [9.17, 15) is 39.9 Å². The molecule has 6 N–H and O–H groups in total. The van der Waals surface area contributed by atoms with Crippen molar-refractivity contribution in [3.8, 4) is 5.75 Å². The first kappa shape index (κ1) is 36.5. The first-order valence-corrected chi connectivity index (χ1v) is 17.7. The van der Waals surface area contributed by atoms with Gasteiger partial charge in [0.25, 0.3) is 0 Å². The molecular weight excluding hydrogens is 646 g/mol. The molecule has 4 aliphatic rings. The highest BCUT2D eigenvalue weighted by molar-refractivity contribution is 5.98. The molecule has 50 heavy (non-hydrogen) atoms. The first-order chi connectivity index (χ1) is 23.4. The third-order valence-corrected chi connectivity index (χ3v) is 13.1. The van der Waals surface area contributed by atoms with Crippen LogP contribution in [0.4, 0.5) is 10.5 Å². The van der Waals surface area contributed by atoms with Gasteiger partial charge in [-0.15, -0.1) is 0 Å². The zero-order valence-electron chi connectivity index (χ0n) is 29.5. The quantitative estimate of drug-likeness (QED) is 0.207. The van der Waals surface area contributed by atoms with Gasteiger partial charge < -0.3 is 39.4 Å². The van der Waals surface area contributed by atoms with Gasteiger partial charge in [-0.25, -0.2) is 9.59 Å². The number of amides is 1. The summed E-state index contributed by atoms with van der Waals surface area (Å²) in [5, 5.41) is 59.8. The number of anilines is 1. The molecule has 0 aliphatic heterocycles. The molecule has 12 nitrogen and oxygen atoms in total. The predicted molar refractivity (Wildman–Crippen MR) is 183 cm³/mol. The lowest BCUT2D eigenvalue weighted by molar-refractivity contribution is -0.176. The molecular formula is C38H51NO11. The largest absolute Gasteiger partial charge is 0.497 e. The third kappa shape index (κ3) is 5.96. The Balaban J connectivity index is 1.08. The van der Waals surface area contributed by atoms with Gasteiger partial charge >= 0.3 is 11.7 Å². The second-order valence-electron chi connectivity index (χ2n) is 16.1. The van der Waals surface area contributed by atoms with Gasteiger partial charge in [-0.05, 0) is 105 Å². The molecule has 0 spiro atoms. The maximum absolute atomic E-state index is 13.5. The fraction of sp³-hybridized carbons (Fsp3) is 0.658. The zero-order valence-corrected chi connectivity index (χ0v) is 29.5. The Morgan fingerprint density at radius 2 is 1.84 bits per heavy atom. The maximum Gasteiger partial charge on any atom is 0.411 e. The Labute approximate surface area is 291 Å². The summed E-state index contributed by atoms with van der Waals surface area (Å²) in [7, 11) is 1.49. The molecule has 11 atom stereocenters. The molecule has 12 heteroatoms. The number of aliphatic hydroxyl groups is 5. The molecule has 3 fully saturated rings. The number of aliphatic hydroxyl groups excluding tert-OH is 3. The SMILES string of the molecule is COc1ccc2c(NC(=O)OCC(C)CC[C@@H](O)[C@](C)(O)C3CC[C@@]4(O)C5=CC(=O)C6C[C@@H](O)[C@@H](O)CC6(C)C5CC[C@]34C)cc(=O)oc2c1. The van der Waals surface area contributed by atoms with Crippen molar-refractivity contribution < 1.29 is 49.0 Å². The normalized spacial score (nSPS) is 35.9. The lowest BCUT2D eigenvalue weighted by Crippen LogP contribution is -2.62. The van der Waals surface area contributed by atoms with Crippen molar-refractivity contribution in [3.63, 3.8) is 0 Å². The van der Waals surface area contributed by atoms with Gasteiger partial charge in [-0.1, -0.05) is 20.8 Å². The summed E-state index contributed by atoms with van der Waals surface area (Å²) in [5.41, 5.74) is -3.81. The lowest BCUT2D eigenvalue weighted by atomic mass is 9.45. The maximum atomic E-state index is 13.5. The summed E-state index contributed by atoms with van der Waals surface area (Å²) in [6, 6.07) is 6.05. The van der Waals surface area contributed by atoms with Crippen LogP contribution in [0.1, 0.15) is 79.1 Å². The fourth-order valence-electron chi connectivity index (χ4n) is 10.1. The number of carbonyl (C=O) groups is 2. The summed E-state index contributed by atoms with van der Waals surface area (Å²) >= 11 is 0. The Morgan fingerprint density at radius 1 is 1.10 bits per heavy atom. The second-order valence-corrected chi connectivity index (χ2v) is 16.1. The van der Waals surface area contributed by atoms with E-state index in [1.807, 2.05) is 20.8 Å². The zero-order chi connectivity index (χ0) is 36.4.